The van der Waals surface area contributed by atoms with Crippen LogP contribution in [-0.2, 0) is 0 Å². The second-order valence-electron chi connectivity index (χ2n) is 16.0. The van der Waals surface area contributed by atoms with Gasteiger partial charge in [0.05, 0.1) is 22.1 Å². The maximum Gasteiger partial charge on any atom is 0.143 e. The van der Waals surface area contributed by atoms with Crippen molar-refractivity contribution in [2.75, 3.05) is 4.90 Å². The molecule has 4 nitrogen and oxygen atoms in total. The maximum atomic E-state index is 6.75. The molecule has 0 saturated carbocycles. The van der Waals surface area contributed by atoms with E-state index in [1.165, 1.54) is 27.4 Å². The lowest BCUT2D eigenvalue weighted by Gasteiger charge is -2.27. The molecule has 290 valence electrons. The van der Waals surface area contributed by atoms with Gasteiger partial charge < -0.3 is 18.3 Å². The first-order chi connectivity index (χ1) is 30.7. The van der Waals surface area contributed by atoms with E-state index in [-0.39, 0.29) is 0 Å². The molecule has 0 N–H and O–H groups in total. The number of anilines is 3. The van der Waals surface area contributed by atoms with Crippen LogP contribution in [0.25, 0.3) is 104 Å². The number of fused-ring (bicyclic) bond motifs is 11. The van der Waals surface area contributed by atoms with Crippen molar-refractivity contribution in [3.05, 3.63) is 218 Å². The molecule has 0 spiro atoms. The molecule has 0 radical (unpaired) electrons. The standard InChI is InChI=1S/C58H36N2O2/c1-2-15-41(16-3-1)60-50-22-8-6-20-47(50)56-44(21-11-23-51(56)60)40-14-10-17-43(35-40)59(52-24-12-26-55-57(52)48-33-29-38-13-4-5-18-45(38)58(48)62-55)42-31-27-37(28-32-42)39-30-34-54-49(36-39)46-19-7-9-25-53(46)61-54/h1-36H. The Bertz CT molecular complexity index is 3870. The first-order valence-corrected chi connectivity index (χ1v) is 21.1. The molecule has 0 bridgehead atoms. The number of benzene rings is 10. The molecule has 0 amide bonds. The molecule has 0 aliphatic carbocycles. The fraction of sp³-hybridized carbons (Fsp3) is 0. The minimum atomic E-state index is 0.853. The van der Waals surface area contributed by atoms with Gasteiger partial charge in [0, 0.05) is 49.4 Å². The first kappa shape index (κ1) is 34.5. The van der Waals surface area contributed by atoms with Crippen molar-refractivity contribution in [3.63, 3.8) is 0 Å². The molecule has 13 aromatic rings. The van der Waals surface area contributed by atoms with Gasteiger partial charge in [-0.25, -0.2) is 0 Å². The van der Waals surface area contributed by atoms with E-state index < -0.39 is 0 Å². The molecule has 0 atom stereocenters. The second-order valence-corrected chi connectivity index (χ2v) is 16.0. The predicted molar refractivity (Wildman–Crippen MR) is 258 cm³/mol. The van der Waals surface area contributed by atoms with Crippen molar-refractivity contribution in [1.29, 1.82) is 0 Å². The normalized spacial score (nSPS) is 11.9. The van der Waals surface area contributed by atoms with Gasteiger partial charge in [-0.1, -0.05) is 133 Å². The van der Waals surface area contributed by atoms with Gasteiger partial charge in [-0.2, -0.15) is 0 Å². The van der Waals surface area contributed by atoms with Crippen LogP contribution in [0.5, 0.6) is 0 Å². The number of hydrogen-bond acceptors (Lipinski definition) is 3. The summed E-state index contributed by atoms with van der Waals surface area (Å²) in [5.74, 6) is 0. The number of nitrogens with zero attached hydrogens (tertiary/aromatic N) is 2. The molecule has 62 heavy (non-hydrogen) atoms. The van der Waals surface area contributed by atoms with Gasteiger partial charge in [0.15, 0.2) is 0 Å². The van der Waals surface area contributed by atoms with Crippen LogP contribution in [0.15, 0.2) is 227 Å². The highest BCUT2D eigenvalue weighted by atomic mass is 16.3. The van der Waals surface area contributed by atoms with Crippen molar-refractivity contribution in [2.45, 2.75) is 0 Å². The molecule has 0 unspecified atom stereocenters. The van der Waals surface area contributed by atoms with Gasteiger partial charge in [0.25, 0.3) is 0 Å². The summed E-state index contributed by atoms with van der Waals surface area (Å²) >= 11 is 0. The van der Waals surface area contributed by atoms with Crippen LogP contribution in [0.4, 0.5) is 17.1 Å². The fourth-order valence-electron chi connectivity index (χ4n) is 9.78. The van der Waals surface area contributed by atoms with Crippen molar-refractivity contribution >= 4 is 93.5 Å². The lowest BCUT2D eigenvalue weighted by Crippen LogP contribution is -2.10. The summed E-state index contributed by atoms with van der Waals surface area (Å²) in [6.45, 7) is 0. The molecule has 10 aromatic carbocycles. The smallest absolute Gasteiger partial charge is 0.143 e. The second kappa shape index (κ2) is 13.6. The van der Waals surface area contributed by atoms with E-state index in [1.54, 1.807) is 0 Å². The van der Waals surface area contributed by atoms with Gasteiger partial charge in [-0.15, -0.1) is 0 Å². The lowest BCUT2D eigenvalue weighted by atomic mass is 9.98. The Morgan fingerprint density at radius 1 is 0.355 bits per heavy atom. The Balaban J connectivity index is 1.01. The van der Waals surface area contributed by atoms with Crippen molar-refractivity contribution in [1.82, 2.24) is 4.57 Å². The van der Waals surface area contributed by atoms with Crippen LogP contribution in [0.2, 0.25) is 0 Å². The largest absolute Gasteiger partial charge is 0.456 e. The Morgan fingerprint density at radius 2 is 1.06 bits per heavy atom. The molecule has 0 aliphatic rings. The monoisotopic (exact) mass is 792 g/mol. The Hall–Kier alpha value is -8.34. The Labute approximate surface area is 356 Å². The summed E-state index contributed by atoms with van der Waals surface area (Å²) in [5, 5.41) is 9.13. The zero-order valence-electron chi connectivity index (χ0n) is 33.5. The van der Waals surface area contributed by atoms with E-state index in [2.05, 4.69) is 216 Å². The van der Waals surface area contributed by atoms with E-state index in [1.807, 2.05) is 12.1 Å². The number of hydrogen-bond donors (Lipinski definition) is 0. The van der Waals surface area contributed by atoms with E-state index >= 15 is 0 Å². The van der Waals surface area contributed by atoms with Crippen LogP contribution in [0.3, 0.4) is 0 Å². The molecule has 0 aliphatic heterocycles. The number of furan rings is 2. The lowest BCUT2D eigenvalue weighted by molar-refractivity contribution is 0.669. The Morgan fingerprint density at radius 3 is 1.97 bits per heavy atom. The SMILES string of the molecule is c1ccc(-n2c3ccccc3c3c(-c4cccc(N(c5ccc(-c6ccc7oc8ccccc8c7c6)cc5)c5cccc6oc7c8ccccc8ccc7c56)c4)cccc32)cc1. The Kier molecular flexibility index (Phi) is 7.57. The number of para-hydroxylation sites is 3. The maximum absolute atomic E-state index is 6.75. The average molecular weight is 793 g/mol. The number of aromatic nitrogens is 1. The van der Waals surface area contributed by atoms with Crippen molar-refractivity contribution < 1.29 is 8.83 Å². The highest BCUT2D eigenvalue weighted by Gasteiger charge is 2.22. The summed E-state index contributed by atoms with van der Waals surface area (Å²) in [7, 11) is 0. The average Bonchev–Trinajstić information content (AvgIpc) is 4.02. The third-order valence-corrected chi connectivity index (χ3v) is 12.6. The summed E-state index contributed by atoms with van der Waals surface area (Å²) in [4.78, 5) is 2.39. The summed E-state index contributed by atoms with van der Waals surface area (Å²) < 4.78 is 15.3. The summed E-state index contributed by atoms with van der Waals surface area (Å²) in [6.07, 6.45) is 0. The number of rotatable bonds is 6. The zero-order chi connectivity index (χ0) is 40.7. The van der Waals surface area contributed by atoms with Gasteiger partial charge in [0.1, 0.15) is 22.3 Å². The predicted octanol–water partition coefficient (Wildman–Crippen LogP) is 16.5. The minimum absolute atomic E-state index is 0.853. The topological polar surface area (TPSA) is 34.5 Å². The van der Waals surface area contributed by atoms with Crippen molar-refractivity contribution in [3.8, 4) is 27.9 Å². The van der Waals surface area contributed by atoms with E-state index in [0.717, 1.165) is 94.1 Å². The summed E-state index contributed by atoms with van der Waals surface area (Å²) in [5.41, 5.74) is 14.8. The molecule has 3 heterocycles. The van der Waals surface area contributed by atoms with Gasteiger partial charge in [-0.05, 0) is 113 Å². The van der Waals surface area contributed by atoms with Crippen LogP contribution in [-0.4, -0.2) is 4.57 Å². The third kappa shape index (κ3) is 5.27. The first-order valence-electron chi connectivity index (χ1n) is 21.1. The fourth-order valence-corrected chi connectivity index (χ4v) is 9.78. The minimum Gasteiger partial charge on any atom is -0.456 e. The van der Waals surface area contributed by atoms with E-state index in [0.29, 0.717) is 0 Å². The highest BCUT2D eigenvalue weighted by Crippen LogP contribution is 2.46. The molecule has 4 heteroatoms. The van der Waals surface area contributed by atoms with Gasteiger partial charge in [0.2, 0.25) is 0 Å². The highest BCUT2D eigenvalue weighted by molar-refractivity contribution is 6.20. The van der Waals surface area contributed by atoms with Gasteiger partial charge >= 0.3 is 0 Å². The quantitative estimate of drug-likeness (QED) is 0.168. The van der Waals surface area contributed by atoms with Crippen LogP contribution < -0.4 is 4.90 Å². The van der Waals surface area contributed by atoms with Crippen LogP contribution in [0.1, 0.15) is 0 Å². The van der Waals surface area contributed by atoms with E-state index in [4.69, 9.17) is 8.83 Å². The van der Waals surface area contributed by atoms with Crippen LogP contribution >= 0.6 is 0 Å². The third-order valence-electron chi connectivity index (χ3n) is 12.6. The van der Waals surface area contributed by atoms with Gasteiger partial charge in [-0.3, -0.25) is 0 Å². The molecule has 0 saturated heterocycles. The van der Waals surface area contributed by atoms with Crippen molar-refractivity contribution in [2.24, 2.45) is 0 Å². The summed E-state index contributed by atoms with van der Waals surface area (Å²) in [6, 6.07) is 78.0. The molecular formula is C58H36N2O2. The molecule has 3 aromatic heterocycles. The van der Waals surface area contributed by atoms with Crippen LogP contribution in [0, 0.1) is 0 Å². The molecule has 13 rings (SSSR count). The molecular weight excluding hydrogens is 757 g/mol. The molecule has 0 fully saturated rings. The van der Waals surface area contributed by atoms with E-state index in [9.17, 15) is 0 Å². The zero-order valence-corrected chi connectivity index (χ0v) is 33.5.